The largest absolute Gasteiger partial charge is 0.480 e. The lowest BCUT2D eigenvalue weighted by Gasteiger charge is -2.16. The van der Waals surface area contributed by atoms with Crippen molar-refractivity contribution in [3.8, 4) is 0 Å². The van der Waals surface area contributed by atoms with Crippen LogP contribution in [0.15, 0.2) is 0 Å². The molecule has 0 fully saturated rings. The first-order valence-corrected chi connectivity index (χ1v) is 8.62. The van der Waals surface area contributed by atoms with Crippen molar-refractivity contribution in [3.05, 3.63) is 0 Å². The van der Waals surface area contributed by atoms with Crippen molar-refractivity contribution in [1.29, 1.82) is 0 Å². The number of thioether (sulfide) groups is 1. The van der Waals surface area contributed by atoms with Crippen LogP contribution in [0.1, 0.15) is 46.0 Å². The Morgan fingerprint density at radius 3 is 2.35 bits per heavy atom. The van der Waals surface area contributed by atoms with Crippen molar-refractivity contribution in [1.82, 2.24) is 10.6 Å². The van der Waals surface area contributed by atoms with Crippen molar-refractivity contribution in [2.45, 2.75) is 52.0 Å². The van der Waals surface area contributed by atoms with Crippen molar-refractivity contribution in [2.24, 2.45) is 5.92 Å². The predicted octanol–water partition coefficient (Wildman–Crippen LogP) is 2.71. The Kier molecular flexibility index (Phi) is 11.3. The number of carbonyl (C=O) groups excluding carboxylic acids is 1. The lowest BCUT2D eigenvalue weighted by molar-refractivity contribution is -0.139. The molecule has 0 rings (SSSR count). The van der Waals surface area contributed by atoms with Gasteiger partial charge >= 0.3 is 12.0 Å². The molecule has 2 amide bonds. The summed E-state index contributed by atoms with van der Waals surface area (Å²) in [5, 5.41) is 14.2. The number of carboxylic acids is 1. The monoisotopic (exact) mass is 304 g/mol. The summed E-state index contributed by atoms with van der Waals surface area (Å²) in [6.45, 7) is 4.47. The second-order valence-electron chi connectivity index (χ2n) is 5.33. The van der Waals surface area contributed by atoms with Crippen LogP contribution in [0.4, 0.5) is 4.79 Å². The van der Waals surface area contributed by atoms with E-state index in [0.717, 1.165) is 12.8 Å². The minimum Gasteiger partial charge on any atom is -0.480 e. The standard InChI is InChI=1S/C14H28N2O3S/c1-11(2)10-12(13(17)18)16-14(19)15-8-6-4-5-7-9-20-3/h11-12H,4-10H2,1-3H3,(H,17,18)(H2,15,16,19)/t12-/m1/s1. The van der Waals surface area contributed by atoms with Gasteiger partial charge in [0.1, 0.15) is 6.04 Å². The third-order valence-corrected chi connectivity index (χ3v) is 3.57. The van der Waals surface area contributed by atoms with Crippen molar-refractivity contribution in [3.63, 3.8) is 0 Å². The maximum absolute atomic E-state index is 11.6. The number of carbonyl (C=O) groups is 2. The van der Waals surface area contributed by atoms with Gasteiger partial charge in [-0.1, -0.05) is 26.7 Å². The summed E-state index contributed by atoms with van der Waals surface area (Å²) in [4.78, 5) is 22.6. The Labute approximate surface area is 126 Å². The number of rotatable bonds is 11. The molecule has 0 aromatic heterocycles. The molecule has 0 spiro atoms. The van der Waals surface area contributed by atoms with Crippen LogP contribution in [0.3, 0.4) is 0 Å². The summed E-state index contributed by atoms with van der Waals surface area (Å²) in [5.41, 5.74) is 0. The van der Waals surface area contributed by atoms with Gasteiger partial charge in [-0.15, -0.1) is 0 Å². The fourth-order valence-corrected chi connectivity index (χ4v) is 2.32. The van der Waals surface area contributed by atoms with Crippen molar-refractivity contribution >= 4 is 23.8 Å². The summed E-state index contributed by atoms with van der Waals surface area (Å²) < 4.78 is 0. The van der Waals surface area contributed by atoms with Gasteiger partial charge < -0.3 is 15.7 Å². The van der Waals surface area contributed by atoms with E-state index in [1.807, 2.05) is 25.6 Å². The zero-order valence-corrected chi connectivity index (χ0v) is 13.6. The summed E-state index contributed by atoms with van der Waals surface area (Å²) in [6.07, 6.45) is 6.95. The zero-order valence-electron chi connectivity index (χ0n) is 12.8. The minimum absolute atomic E-state index is 0.229. The molecule has 0 aliphatic heterocycles. The molecular weight excluding hydrogens is 276 g/mol. The summed E-state index contributed by atoms with van der Waals surface area (Å²) in [7, 11) is 0. The highest BCUT2D eigenvalue weighted by Crippen LogP contribution is 2.05. The molecule has 1 atom stereocenters. The first-order valence-electron chi connectivity index (χ1n) is 7.23. The highest BCUT2D eigenvalue weighted by molar-refractivity contribution is 7.98. The van der Waals surface area contributed by atoms with E-state index in [4.69, 9.17) is 5.11 Å². The Morgan fingerprint density at radius 2 is 1.80 bits per heavy atom. The first-order chi connectivity index (χ1) is 9.47. The number of hydrogen-bond donors (Lipinski definition) is 3. The summed E-state index contributed by atoms with van der Waals surface area (Å²) in [5.74, 6) is 0.433. The van der Waals surface area contributed by atoms with Gasteiger partial charge in [0.25, 0.3) is 0 Å². The van der Waals surface area contributed by atoms with Crippen LogP contribution in [0.2, 0.25) is 0 Å². The molecule has 0 bridgehead atoms. The van der Waals surface area contributed by atoms with Gasteiger partial charge in [-0.25, -0.2) is 9.59 Å². The van der Waals surface area contributed by atoms with E-state index in [-0.39, 0.29) is 11.9 Å². The summed E-state index contributed by atoms with van der Waals surface area (Å²) >= 11 is 1.85. The molecule has 6 heteroatoms. The van der Waals surface area contributed by atoms with Crippen LogP contribution in [-0.2, 0) is 4.79 Å². The third-order valence-electron chi connectivity index (χ3n) is 2.87. The Morgan fingerprint density at radius 1 is 1.15 bits per heavy atom. The number of hydrogen-bond acceptors (Lipinski definition) is 3. The van der Waals surface area contributed by atoms with Gasteiger partial charge in [0.15, 0.2) is 0 Å². The molecule has 5 nitrogen and oxygen atoms in total. The molecule has 0 aromatic rings. The molecule has 0 radical (unpaired) electrons. The van der Waals surface area contributed by atoms with Crippen LogP contribution < -0.4 is 10.6 Å². The topological polar surface area (TPSA) is 78.4 Å². The molecule has 3 N–H and O–H groups in total. The van der Waals surface area contributed by atoms with Crippen molar-refractivity contribution < 1.29 is 14.7 Å². The molecular formula is C14H28N2O3S. The molecule has 0 unspecified atom stereocenters. The average Bonchev–Trinajstić information content (AvgIpc) is 2.36. The second-order valence-corrected chi connectivity index (χ2v) is 6.31. The van der Waals surface area contributed by atoms with Gasteiger partial charge in [-0.05, 0) is 37.2 Å². The fraction of sp³-hybridized carbons (Fsp3) is 0.857. The molecule has 0 heterocycles. The van der Waals surface area contributed by atoms with Crippen LogP contribution in [0.25, 0.3) is 0 Å². The maximum Gasteiger partial charge on any atom is 0.326 e. The quantitative estimate of drug-likeness (QED) is 0.513. The van der Waals surface area contributed by atoms with E-state index in [1.165, 1.54) is 18.6 Å². The number of nitrogens with one attached hydrogen (secondary N) is 2. The van der Waals surface area contributed by atoms with Gasteiger partial charge in [0.05, 0.1) is 0 Å². The molecule has 0 aromatic carbocycles. The van der Waals surface area contributed by atoms with Gasteiger partial charge in [-0.3, -0.25) is 0 Å². The fourth-order valence-electron chi connectivity index (χ4n) is 1.83. The van der Waals surface area contributed by atoms with Gasteiger partial charge in [0, 0.05) is 6.54 Å². The molecule has 0 aliphatic rings. The first kappa shape index (κ1) is 19.1. The zero-order chi connectivity index (χ0) is 15.4. The number of unbranched alkanes of at least 4 members (excludes halogenated alkanes) is 3. The Bertz CT molecular complexity index is 286. The Balaban J connectivity index is 3.72. The smallest absolute Gasteiger partial charge is 0.326 e. The lowest BCUT2D eigenvalue weighted by atomic mass is 10.0. The van der Waals surface area contributed by atoms with Crippen LogP contribution in [0.5, 0.6) is 0 Å². The molecule has 20 heavy (non-hydrogen) atoms. The number of amides is 2. The number of aliphatic carboxylic acids is 1. The molecule has 118 valence electrons. The number of urea groups is 1. The van der Waals surface area contributed by atoms with E-state index in [2.05, 4.69) is 16.9 Å². The SMILES string of the molecule is CSCCCCCCNC(=O)N[C@H](CC(C)C)C(=O)O. The maximum atomic E-state index is 11.6. The van der Waals surface area contributed by atoms with E-state index in [9.17, 15) is 9.59 Å². The van der Waals surface area contributed by atoms with Gasteiger partial charge in [0.2, 0.25) is 0 Å². The van der Waals surface area contributed by atoms with E-state index in [1.54, 1.807) is 0 Å². The molecule has 0 aliphatic carbocycles. The second kappa shape index (κ2) is 11.9. The van der Waals surface area contributed by atoms with E-state index in [0.29, 0.717) is 13.0 Å². The van der Waals surface area contributed by atoms with Crippen LogP contribution >= 0.6 is 11.8 Å². The van der Waals surface area contributed by atoms with Crippen LogP contribution in [-0.4, -0.2) is 41.7 Å². The highest BCUT2D eigenvalue weighted by atomic mass is 32.2. The third kappa shape index (κ3) is 11.0. The average molecular weight is 304 g/mol. The van der Waals surface area contributed by atoms with Crippen LogP contribution in [0, 0.1) is 5.92 Å². The van der Waals surface area contributed by atoms with Crippen molar-refractivity contribution in [2.75, 3.05) is 18.6 Å². The normalized spacial score (nSPS) is 12.2. The summed E-state index contributed by atoms with van der Waals surface area (Å²) in [6, 6.07) is -1.20. The number of carboxylic acid groups (broad SMARTS) is 1. The van der Waals surface area contributed by atoms with E-state index >= 15 is 0 Å². The minimum atomic E-state index is -0.981. The lowest BCUT2D eigenvalue weighted by Crippen LogP contribution is -2.46. The highest BCUT2D eigenvalue weighted by Gasteiger charge is 2.20. The molecule has 0 saturated heterocycles. The van der Waals surface area contributed by atoms with Gasteiger partial charge in [-0.2, -0.15) is 11.8 Å². The Hall–Kier alpha value is -0.910. The van der Waals surface area contributed by atoms with E-state index < -0.39 is 12.0 Å². The predicted molar refractivity (Wildman–Crippen MR) is 84.3 cm³/mol. The molecule has 0 saturated carbocycles.